The summed E-state index contributed by atoms with van der Waals surface area (Å²) in [5.74, 6) is 0.226. The lowest BCUT2D eigenvalue weighted by Crippen LogP contribution is -2.42. The van der Waals surface area contributed by atoms with Crippen LogP contribution in [0.25, 0.3) is 0 Å². The van der Waals surface area contributed by atoms with Crippen molar-refractivity contribution in [2.45, 2.75) is 36.0 Å². The molecule has 0 saturated carbocycles. The molecule has 0 saturated heterocycles. The van der Waals surface area contributed by atoms with Crippen molar-refractivity contribution in [3.8, 4) is 0 Å². The van der Waals surface area contributed by atoms with Gasteiger partial charge in [0.2, 0.25) is 5.91 Å². The second kappa shape index (κ2) is 6.17. The molecule has 1 aliphatic heterocycles. The van der Waals surface area contributed by atoms with Crippen molar-refractivity contribution in [1.29, 1.82) is 0 Å². The summed E-state index contributed by atoms with van der Waals surface area (Å²) in [5.41, 5.74) is 6.72. The number of rotatable bonds is 4. The molecule has 6 heteroatoms. The summed E-state index contributed by atoms with van der Waals surface area (Å²) < 4.78 is 0. The fourth-order valence-electron chi connectivity index (χ4n) is 2.24. The Morgan fingerprint density at radius 2 is 2.30 bits per heavy atom. The van der Waals surface area contributed by atoms with Gasteiger partial charge >= 0.3 is 0 Å². The standard InChI is InChI=1S/C14H19N3O2S/c1-9(7-13(15)16-19)17(2)14(18)12-8-10-5-3-4-6-11(10)20-12/h3-6,9,12,19H,7-8H2,1-2H3,(H2,15,16). The number of thioether (sulfide) groups is 1. The molecule has 2 rings (SSSR count). The molecule has 0 spiro atoms. The van der Waals surface area contributed by atoms with E-state index in [0.29, 0.717) is 6.42 Å². The van der Waals surface area contributed by atoms with Gasteiger partial charge in [-0.25, -0.2) is 0 Å². The number of nitrogens with two attached hydrogens (primary N) is 1. The first kappa shape index (κ1) is 14.7. The number of nitrogens with zero attached hydrogens (tertiary/aromatic N) is 2. The van der Waals surface area contributed by atoms with Gasteiger partial charge in [0.05, 0.1) is 5.25 Å². The lowest BCUT2D eigenvalue weighted by Gasteiger charge is -2.26. The lowest BCUT2D eigenvalue weighted by molar-refractivity contribution is -0.130. The number of carbonyl (C=O) groups is 1. The molecular weight excluding hydrogens is 274 g/mol. The van der Waals surface area contributed by atoms with Crippen molar-refractivity contribution in [1.82, 2.24) is 4.90 Å². The van der Waals surface area contributed by atoms with E-state index in [9.17, 15) is 4.79 Å². The normalized spacial score (nSPS) is 19.5. The van der Waals surface area contributed by atoms with Gasteiger partial charge < -0.3 is 15.8 Å². The van der Waals surface area contributed by atoms with Crippen LogP contribution in [0.15, 0.2) is 34.3 Å². The monoisotopic (exact) mass is 293 g/mol. The van der Waals surface area contributed by atoms with Gasteiger partial charge in [0.15, 0.2) is 0 Å². The molecule has 1 aromatic carbocycles. The molecule has 2 atom stereocenters. The van der Waals surface area contributed by atoms with Crippen LogP contribution in [0.4, 0.5) is 0 Å². The quantitative estimate of drug-likeness (QED) is 0.383. The van der Waals surface area contributed by atoms with Crippen molar-refractivity contribution in [2.24, 2.45) is 10.9 Å². The predicted octanol–water partition coefficient (Wildman–Crippen LogP) is 1.69. The van der Waals surface area contributed by atoms with Gasteiger partial charge in [-0.1, -0.05) is 23.4 Å². The van der Waals surface area contributed by atoms with Crippen molar-refractivity contribution >= 4 is 23.5 Å². The highest BCUT2D eigenvalue weighted by Crippen LogP contribution is 2.37. The molecule has 3 N–H and O–H groups in total. The van der Waals surface area contributed by atoms with Crippen LogP contribution in [-0.2, 0) is 11.2 Å². The van der Waals surface area contributed by atoms with Crippen LogP contribution in [0, 0.1) is 0 Å². The Morgan fingerprint density at radius 1 is 1.60 bits per heavy atom. The number of carbonyl (C=O) groups excluding carboxylic acids is 1. The van der Waals surface area contributed by atoms with Crippen LogP contribution < -0.4 is 5.73 Å². The van der Waals surface area contributed by atoms with Crippen LogP contribution in [0.3, 0.4) is 0 Å². The summed E-state index contributed by atoms with van der Waals surface area (Å²) in [6, 6.07) is 8.01. The zero-order valence-corrected chi connectivity index (χ0v) is 12.4. The van der Waals surface area contributed by atoms with Crippen LogP contribution in [0.1, 0.15) is 18.9 Å². The second-order valence-corrected chi connectivity index (χ2v) is 6.26. The number of benzene rings is 1. The minimum Gasteiger partial charge on any atom is -0.409 e. The van der Waals surface area contributed by atoms with Gasteiger partial charge in [0, 0.05) is 24.4 Å². The molecule has 0 fully saturated rings. The maximum absolute atomic E-state index is 12.5. The van der Waals surface area contributed by atoms with Gasteiger partial charge in [0.25, 0.3) is 0 Å². The number of amidine groups is 1. The third-order valence-electron chi connectivity index (χ3n) is 3.56. The van der Waals surface area contributed by atoms with E-state index in [-0.39, 0.29) is 23.0 Å². The number of fused-ring (bicyclic) bond motifs is 1. The lowest BCUT2D eigenvalue weighted by atomic mass is 10.1. The van der Waals surface area contributed by atoms with E-state index in [1.807, 2.05) is 25.1 Å². The molecule has 0 bridgehead atoms. The molecule has 1 heterocycles. The summed E-state index contributed by atoms with van der Waals surface area (Å²) >= 11 is 1.61. The predicted molar refractivity (Wildman–Crippen MR) is 80.0 cm³/mol. The average molecular weight is 293 g/mol. The first-order chi connectivity index (χ1) is 9.52. The van der Waals surface area contributed by atoms with Crippen LogP contribution >= 0.6 is 11.8 Å². The number of hydrogen-bond donors (Lipinski definition) is 2. The summed E-state index contributed by atoms with van der Waals surface area (Å²) in [4.78, 5) is 15.4. The van der Waals surface area contributed by atoms with Crippen molar-refractivity contribution in [3.63, 3.8) is 0 Å². The van der Waals surface area contributed by atoms with Gasteiger partial charge in [0.1, 0.15) is 5.84 Å². The van der Waals surface area contributed by atoms with E-state index < -0.39 is 0 Å². The minimum atomic E-state index is -0.0947. The first-order valence-electron chi connectivity index (χ1n) is 6.50. The van der Waals surface area contributed by atoms with Crippen LogP contribution in [0.2, 0.25) is 0 Å². The SMILES string of the molecule is CC(CC(N)=NO)N(C)C(=O)C1Cc2ccccc2S1. The number of amides is 1. The van der Waals surface area contributed by atoms with E-state index in [1.54, 1.807) is 23.7 Å². The average Bonchev–Trinajstić information content (AvgIpc) is 2.89. The van der Waals surface area contributed by atoms with Crippen LogP contribution in [0.5, 0.6) is 0 Å². The van der Waals surface area contributed by atoms with E-state index in [4.69, 9.17) is 10.9 Å². The van der Waals surface area contributed by atoms with Gasteiger partial charge in [-0.2, -0.15) is 0 Å². The van der Waals surface area contributed by atoms with Gasteiger partial charge in [-0.05, 0) is 25.0 Å². The zero-order chi connectivity index (χ0) is 14.7. The Labute approximate surface area is 122 Å². The third-order valence-corrected chi connectivity index (χ3v) is 4.87. The molecule has 0 radical (unpaired) electrons. The van der Waals surface area contributed by atoms with Gasteiger partial charge in [-0.3, -0.25) is 4.79 Å². The molecule has 0 aromatic heterocycles. The van der Waals surface area contributed by atoms with E-state index in [2.05, 4.69) is 11.2 Å². The number of oxime groups is 1. The maximum atomic E-state index is 12.5. The molecule has 20 heavy (non-hydrogen) atoms. The first-order valence-corrected chi connectivity index (χ1v) is 7.38. The molecule has 5 nitrogen and oxygen atoms in total. The Morgan fingerprint density at radius 3 is 2.95 bits per heavy atom. The highest BCUT2D eigenvalue weighted by Gasteiger charge is 2.31. The largest absolute Gasteiger partial charge is 0.409 e. The fourth-order valence-corrected chi connectivity index (χ4v) is 3.54. The smallest absolute Gasteiger partial charge is 0.236 e. The molecule has 0 aliphatic carbocycles. The number of hydrogen-bond acceptors (Lipinski definition) is 4. The van der Waals surface area contributed by atoms with E-state index in [0.717, 1.165) is 6.42 Å². The molecule has 1 aromatic rings. The third kappa shape index (κ3) is 3.07. The Kier molecular flexibility index (Phi) is 4.54. The van der Waals surface area contributed by atoms with Crippen molar-refractivity contribution in [2.75, 3.05) is 7.05 Å². The summed E-state index contributed by atoms with van der Waals surface area (Å²) in [5, 5.41) is 11.5. The summed E-state index contributed by atoms with van der Waals surface area (Å²) in [6.45, 7) is 1.89. The molecule has 1 amide bonds. The molecular formula is C14H19N3O2S. The highest BCUT2D eigenvalue weighted by molar-refractivity contribution is 8.01. The summed E-state index contributed by atoms with van der Waals surface area (Å²) in [6.07, 6.45) is 1.13. The second-order valence-electron chi connectivity index (χ2n) is 5.01. The van der Waals surface area contributed by atoms with Gasteiger partial charge in [-0.15, -0.1) is 11.8 Å². The Balaban J connectivity index is 1.99. The molecule has 1 aliphatic rings. The van der Waals surface area contributed by atoms with Crippen LogP contribution in [-0.4, -0.2) is 40.2 Å². The highest BCUT2D eigenvalue weighted by atomic mass is 32.2. The van der Waals surface area contributed by atoms with E-state index in [1.165, 1.54) is 10.5 Å². The maximum Gasteiger partial charge on any atom is 0.236 e. The zero-order valence-electron chi connectivity index (χ0n) is 11.6. The topological polar surface area (TPSA) is 78.9 Å². The fraction of sp³-hybridized carbons (Fsp3) is 0.429. The van der Waals surface area contributed by atoms with Crippen molar-refractivity contribution in [3.05, 3.63) is 29.8 Å². The molecule has 2 unspecified atom stereocenters. The van der Waals surface area contributed by atoms with Crippen molar-refractivity contribution < 1.29 is 10.0 Å². The van der Waals surface area contributed by atoms with E-state index >= 15 is 0 Å². The Hall–Kier alpha value is -1.69. The minimum absolute atomic E-state index is 0.0767. The molecule has 108 valence electrons. The Bertz CT molecular complexity index is 508. The summed E-state index contributed by atoms with van der Waals surface area (Å²) in [7, 11) is 1.77.